The summed E-state index contributed by atoms with van der Waals surface area (Å²) in [4.78, 5) is 0. The number of aliphatic hydroxyl groups is 1. The maximum Gasteiger partial charge on any atom is 0.212 e. The van der Waals surface area contributed by atoms with Crippen molar-refractivity contribution in [2.45, 2.75) is 34.3 Å². The van der Waals surface area contributed by atoms with Gasteiger partial charge in [-0.25, -0.2) is 4.57 Å². The van der Waals surface area contributed by atoms with E-state index in [9.17, 15) is 5.11 Å². The van der Waals surface area contributed by atoms with Gasteiger partial charge in [0.15, 0.2) is 6.20 Å². The molecular weight excluding hydrogens is 306 g/mol. The molecule has 1 heterocycles. The first kappa shape index (κ1) is 17.4. The molecule has 0 aliphatic heterocycles. The minimum absolute atomic E-state index is 0.100. The molecule has 0 bridgehead atoms. The van der Waals surface area contributed by atoms with Gasteiger partial charge in [0, 0.05) is 12.1 Å². The van der Waals surface area contributed by atoms with Crippen LogP contribution in [0.5, 0.6) is 0 Å². The number of aryl methyl sites for hydroxylation is 1. The lowest BCUT2D eigenvalue weighted by Gasteiger charge is -2.17. The first-order chi connectivity index (χ1) is 12.0. The topological polar surface area (TPSA) is 24.1 Å². The molecule has 128 valence electrons. The molecule has 0 radical (unpaired) electrons. The predicted molar refractivity (Wildman–Crippen MR) is 105 cm³/mol. The van der Waals surface area contributed by atoms with Crippen molar-refractivity contribution < 1.29 is 9.67 Å². The first-order valence-corrected chi connectivity index (χ1v) is 8.71. The number of hydrogen-bond donors (Lipinski definition) is 1. The molecule has 0 unspecified atom stereocenters. The Bertz CT molecular complexity index is 954. The third kappa shape index (κ3) is 2.98. The quantitative estimate of drug-likeness (QED) is 0.699. The summed E-state index contributed by atoms with van der Waals surface area (Å²) in [5.41, 5.74) is 9.62. The zero-order valence-corrected chi connectivity index (χ0v) is 15.7. The number of hydrogen-bond acceptors (Lipinski definition) is 1. The third-order valence-electron chi connectivity index (χ3n) is 5.50. The highest BCUT2D eigenvalue weighted by Gasteiger charge is 2.13. The van der Waals surface area contributed by atoms with Crippen LogP contribution in [0.1, 0.15) is 38.9 Å². The van der Waals surface area contributed by atoms with Crippen molar-refractivity contribution in [2.24, 2.45) is 7.05 Å². The summed E-state index contributed by atoms with van der Waals surface area (Å²) in [6.45, 7) is 8.59. The van der Waals surface area contributed by atoms with E-state index in [1.165, 1.54) is 44.3 Å². The smallest absolute Gasteiger partial charge is 0.212 e. The van der Waals surface area contributed by atoms with Gasteiger partial charge < -0.3 is 5.11 Å². The highest BCUT2D eigenvalue weighted by molar-refractivity contribution is 5.89. The van der Waals surface area contributed by atoms with Crippen LogP contribution in [0.3, 0.4) is 0 Å². The number of rotatable bonds is 3. The Labute approximate surface area is 150 Å². The van der Waals surface area contributed by atoms with Crippen molar-refractivity contribution in [3.63, 3.8) is 0 Å². The lowest BCUT2D eigenvalue weighted by Crippen LogP contribution is -2.28. The first-order valence-electron chi connectivity index (χ1n) is 8.71. The Kier molecular flexibility index (Phi) is 4.73. The van der Waals surface area contributed by atoms with Crippen molar-refractivity contribution >= 4 is 23.1 Å². The van der Waals surface area contributed by atoms with E-state index in [-0.39, 0.29) is 6.61 Å². The molecule has 3 rings (SSSR count). The van der Waals surface area contributed by atoms with Gasteiger partial charge in [0.25, 0.3) is 0 Å². The number of aromatic nitrogens is 1. The summed E-state index contributed by atoms with van der Waals surface area (Å²) in [6.07, 6.45) is 6.52. The highest BCUT2D eigenvalue weighted by atomic mass is 16.3. The molecule has 1 aromatic heterocycles. The number of pyridine rings is 1. The standard InChI is InChI=1S/C23H26NO/c1-15-17(3)22(14-25)18(4)16(2)20(15)11-10-19-12-13-24(5)23-9-7-6-8-21(19)23/h6-13,25H,14H2,1-5H3/q+1/b11-10+. The average molecular weight is 332 g/mol. The lowest BCUT2D eigenvalue weighted by molar-refractivity contribution is -0.644. The molecule has 0 atom stereocenters. The number of aliphatic hydroxyl groups excluding tert-OH is 1. The van der Waals surface area contributed by atoms with Crippen molar-refractivity contribution in [3.8, 4) is 0 Å². The number of benzene rings is 2. The van der Waals surface area contributed by atoms with E-state index >= 15 is 0 Å². The average Bonchev–Trinajstić information content (AvgIpc) is 2.62. The fraction of sp³-hybridized carbons (Fsp3) is 0.261. The molecule has 0 aliphatic carbocycles. The summed E-state index contributed by atoms with van der Waals surface area (Å²) < 4.78 is 2.15. The molecule has 0 amide bonds. The van der Waals surface area contributed by atoms with Crippen LogP contribution < -0.4 is 4.57 Å². The van der Waals surface area contributed by atoms with E-state index in [2.05, 4.69) is 88.0 Å². The fourth-order valence-corrected chi connectivity index (χ4v) is 3.61. The Hall–Kier alpha value is -2.45. The van der Waals surface area contributed by atoms with Crippen molar-refractivity contribution in [1.82, 2.24) is 0 Å². The van der Waals surface area contributed by atoms with Crippen LogP contribution >= 0.6 is 0 Å². The second-order valence-corrected chi connectivity index (χ2v) is 6.78. The lowest BCUT2D eigenvalue weighted by atomic mass is 9.88. The van der Waals surface area contributed by atoms with Crippen molar-refractivity contribution in [3.05, 3.63) is 75.5 Å². The molecule has 0 saturated carbocycles. The van der Waals surface area contributed by atoms with Crippen LogP contribution in [-0.2, 0) is 13.7 Å². The summed E-state index contributed by atoms with van der Waals surface area (Å²) in [5.74, 6) is 0. The fourth-order valence-electron chi connectivity index (χ4n) is 3.61. The number of para-hydroxylation sites is 1. The van der Waals surface area contributed by atoms with Crippen LogP contribution in [-0.4, -0.2) is 5.11 Å². The van der Waals surface area contributed by atoms with Gasteiger partial charge in [-0.15, -0.1) is 0 Å². The van der Waals surface area contributed by atoms with E-state index in [1.807, 2.05) is 0 Å². The summed E-state index contributed by atoms with van der Waals surface area (Å²) >= 11 is 0. The minimum Gasteiger partial charge on any atom is -0.392 e. The molecule has 2 aromatic carbocycles. The van der Waals surface area contributed by atoms with Crippen LogP contribution in [0.25, 0.3) is 23.1 Å². The SMILES string of the molecule is Cc1c(C)c(CO)c(C)c(C)c1/C=C/c1cc[n+](C)c2ccccc12. The van der Waals surface area contributed by atoms with Gasteiger partial charge in [-0.05, 0) is 72.7 Å². The largest absolute Gasteiger partial charge is 0.392 e. The third-order valence-corrected chi connectivity index (χ3v) is 5.50. The Morgan fingerprint density at radius 1 is 0.880 bits per heavy atom. The van der Waals surface area contributed by atoms with Gasteiger partial charge in [0.2, 0.25) is 5.52 Å². The molecule has 3 aromatic rings. The predicted octanol–water partition coefficient (Wildman–Crippen LogP) is 4.56. The van der Waals surface area contributed by atoms with Gasteiger partial charge in [0.05, 0.1) is 12.0 Å². The minimum atomic E-state index is 0.100. The van der Waals surface area contributed by atoms with Crippen LogP contribution in [0.4, 0.5) is 0 Å². The molecular formula is C23H26NO+. The van der Waals surface area contributed by atoms with Crippen molar-refractivity contribution in [1.29, 1.82) is 0 Å². The number of nitrogens with zero attached hydrogens (tertiary/aromatic N) is 1. The Morgan fingerprint density at radius 2 is 1.52 bits per heavy atom. The molecule has 25 heavy (non-hydrogen) atoms. The van der Waals surface area contributed by atoms with Gasteiger partial charge in [-0.1, -0.05) is 24.3 Å². The van der Waals surface area contributed by atoms with Crippen molar-refractivity contribution in [2.75, 3.05) is 0 Å². The zero-order valence-electron chi connectivity index (χ0n) is 15.7. The maximum atomic E-state index is 9.67. The highest BCUT2D eigenvalue weighted by Crippen LogP contribution is 2.28. The second-order valence-electron chi connectivity index (χ2n) is 6.78. The Morgan fingerprint density at radius 3 is 2.16 bits per heavy atom. The summed E-state index contributed by atoms with van der Waals surface area (Å²) in [5, 5.41) is 10.9. The van der Waals surface area contributed by atoms with Gasteiger partial charge in [-0.3, -0.25) is 0 Å². The molecule has 1 N–H and O–H groups in total. The Balaban J connectivity index is 2.15. The van der Waals surface area contributed by atoms with Crippen LogP contribution in [0, 0.1) is 27.7 Å². The molecule has 0 aliphatic rings. The van der Waals surface area contributed by atoms with E-state index in [4.69, 9.17) is 0 Å². The van der Waals surface area contributed by atoms with Gasteiger partial charge in [-0.2, -0.15) is 0 Å². The normalized spacial score (nSPS) is 11.6. The molecule has 0 fully saturated rings. The van der Waals surface area contributed by atoms with E-state index in [0.29, 0.717) is 0 Å². The molecule has 2 nitrogen and oxygen atoms in total. The van der Waals surface area contributed by atoms with Crippen LogP contribution in [0.2, 0.25) is 0 Å². The molecule has 2 heteroatoms. The van der Waals surface area contributed by atoms with Gasteiger partial charge in [0.1, 0.15) is 7.05 Å². The van der Waals surface area contributed by atoms with E-state index in [1.54, 1.807) is 0 Å². The monoisotopic (exact) mass is 332 g/mol. The maximum absolute atomic E-state index is 9.67. The zero-order chi connectivity index (χ0) is 18.1. The van der Waals surface area contributed by atoms with Crippen LogP contribution in [0.15, 0.2) is 36.5 Å². The summed E-state index contributed by atoms with van der Waals surface area (Å²) in [7, 11) is 2.07. The number of fused-ring (bicyclic) bond motifs is 1. The van der Waals surface area contributed by atoms with E-state index < -0.39 is 0 Å². The van der Waals surface area contributed by atoms with Gasteiger partial charge >= 0.3 is 0 Å². The van der Waals surface area contributed by atoms with E-state index in [0.717, 1.165) is 5.56 Å². The second kappa shape index (κ2) is 6.81. The summed E-state index contributed by atoms with van der Waals surface area (Å²) in [6, 6.07) is 10.6. The molecule has 0 saturated heterocycles. The molecule has 0 spiro atoms.